The summed E-state index contributed by atoms with van der Waals surface area (Å²) in [6.07, 6.45) is 18.9. The number of aliphatic hydroxyl groups excluding tert-OH is 2. The predicted octanol–water partition coefficient (Wildman–Crippen LogP) is -11.1. The number of carbonyl (C=O) groups excluding carboxylic acids is 19. The Balaban J connectivity index is 1.01. The highest BCUT2D eigenvalue weighted by atomic mass is 16.4. The van der Waals surface area contributed by atoms with E-state index in [-0.39, 0.29) is 110 Å². The van der Waals surface area contributed by atoms with Crippen LogP contribution in [0.2, 0.25) is 0 Å². The Morgan fingerprint density at radius 3 is 1.30 bits per heavy atom. The number of carbonyl (C=O) groups is 21. The number of hydrogen-bond acceptors (Lipinski definition) is 26. The Bertz CT molecular complexity index is 4590. The van der Waals surface area contributed by atoms with Gasteiger partial charge < -0.3 is 141 Å². The van der Waals surface area contributed by atoms with Crippen molar-refractivity contribution in [2.45, 2.75) is 259 Å². The van der Waals surface area contributed by atoms with Gasteiger partial charge in [0.05, 0.1) is 50.8 Å². The molecule has 133 heavy (non-hydrogen) atoms. The molecule has 5 fully saturated rings. The normalized spacial score (nSPS) is 19.6. The lowest BCUT2D eigenvalue weighted by molar-refractivity contribution is -0.148. The van der Waals surface area contributed by atoms with Gasteiger partial charge in [-0.3, -0.25) is 106 Å². The molecule has 5 aliphatic heterocycles. The van der Waals surface area contributed by atoms with Crippen molar-refractivity contribution in [3.8, 4) is 37.0 Å². The molecule has 6 heterocycles. The van der Waals surface area contributed by atoms with Crippen LogP contribution in [0.4, 0.5) is 0 Å². The highest BCUT2D eigenvalue weighted by molar-refractivity contribution is 6.03. The summed E-state index contributed by atoms with van der Waals surface area (Å²) in [7, 11) is 0. The summed E-state index contributed by atoms with van der Waals surface area (Å²) in [5, 5.41) is 83.5. The number of aromatic amines is 1. The number of aliphatic hydroxyl groups is 2. The largest absolute Gasteiger partial charge is 0.481 e. The van der Waals surface area contributed by atoms with Gasteiger partial charge in [-0.25, -0.2) is 4.98 Å². The van der Waals surface area contributed by atoms with Crippen LogP contribution < -0.4 is 91.2 Å². The van der Waals surface area contributed by atoms with Crippen molar-refractivity contribution in [3.63, 3.8) is 0 Å². The van der Waals surface area contributed by atoms with E-state index in [1.165, 1.54) is 50.0 Å². The number of terminal acetylenes is 3. The molecular weight excluding hydrogens is 1750 g/mol. The van der Waals surface area contributed by atoms with Crippen LogP contribution in [0.5, 0.6) is 0 Å². The Morgan fingerprint density at radius 2 is 0.835 bits per heavy atom. The number of nitrogens with one attached hydrogen (secondary N) is 17. The third-order valence-corrected chi connectivity index (χ3v) is 22.7. The highest BCUT2D eigenvalue weighted by Crippen LogP contribution is 2.28. The third-order valence-electron chi connectivity index (χ3n) is 22.7. The number of hydrogen-bond donors (Lipinski definition) is 23. The first kappa shape index (κ1) is 108. The fourth-order valence-corrected chi connectivity index (χ4v) is 15.6. The van der Waals surface area contributed by atoms with Crippen LogP contribution in [-0.2, 0) is 107 Å². The molecule has 1 aromatic rings. The zero-order valence-electron chi connectivity index (χ0n) is 74.6. The van der Waals surface area contributed by atoms with Crippen LogP contribution in [0.3, 0.4) is 0 Å². The van der Waals surface area contributed by atoms with E-state index < -0.39 is 297 Å². The number of rotatable bonds is 48. The molecule has 0 bridgehead atoms. The zero-order valence-corrected chi connectivity index (χ0v) is 74.6. The van der Waals surface area contributed by atoms with Crippen molar-refractivity contribution in [2.75, 3.05) is 65.6 Å². The van der Waals surface area contributed by atoms with Crippen LogP contribution in [-0.4, -0.2) is 359 Å². The van der Waals surface area contributed by atoms with Gasteiger partial charge in [-0.05, 0) is 111 Å². The molecule has 5 aliphatic rings. The number of aliphatic carboxylic acids is 2. The van der Waals surface area contributed by atoms with Gasteiger partial charge in [0.15, 0.2) is 5.96 Å². The standard InChI is InChI=1S/C83H121N25O25/c1-10-19-49(66(116)92-44(7)79(129)108-33-18-27-60(108)81(131)107-32-17-25-58(107)74(124)95-46(9)82(132)133)98-71(121)54(39-109)96-61(111)37-90-72(122)56-23-14-29-104(56)78(128)45(8)94-73(123)57-24-16-31-106(57)80(130)52(22-13-28-88-83(85)86)100-67(117)50(20-11-2)97-69(119)53(35-63(113)114)101-75(125)59-26-15-30-105(59)77(127)43(6)93-70(120)55(40-110)102-68(118)51(21-12-3)99-76(126)64(42(4)5)103-62(112)38-89-65(115)48(84)34-47-36-87-41-91-47/h1-3,36,41-46,48-60,64,109-110H,13-35,37-40,84H2,4-9H3,(H,87,91)(H,89,115)(H,90,122)(H,92,116)(H,93,120)(H,94,123)(H,95,124)(H,96,111)(H,97,119)(H,98,121)(H,99,126)(H,100,117)(H,101,125)(H,102,118)(H,103,112)(H,113,114)(H,132,133)(H4,85,86,88)/t43-,44-,45-,46-,48-,49-,50-,51-,52-,53-,54-,55-,56-,57-,58-,59-,60-,64-/m0/s1. The second-order valence-electron chi connectivity index (χ2n) is 33.0. The van der Waals surface area contributed by atoms with E-state index >= 15 is 0 Å². The Kier molecular flexibility index (Phi) is 42.2. The lowest BCUT2D eigenvalue weighted by atomic mass is 10.0. The molecule has 50 nitrogen and oxygen atoms in total. The Morgan fingerprint density at radius 1 is 0.451 bits per heavy atom. The van der Waals surface area contributed by atoms with E-state index in [0.717, 1.165) is 14.7 Å². The second-order valence-corrected chi connectivity index (χ2v) is 33.0. The number of guanidine groups is 1. The van der Waals surface area contributed by atoms with Crippen molar-refractivity contribution in [2.24, 2.45) is 17.4 Å². The molecular formula is C83H121N25O25. The lowest BCUT2D eigenvalue weighted by Gasteiger charge is -2.32. The molecule has 0 saturated carbocycles. The van der Waals surface area contributed by atoms with E-state index in [1.807, 2.05) is 0 Å². The topological polar surface area (TPSA) is 741 Å². The minimum Gasteiger partial charge on any atom is -0.481 e. The summed E-state index contributed by atoms with van der Waals surface area (Å²) < 4.78 is 0. The molecule has 0 spiro atoms. The van der Waals surface area contributed by atoms with E-state index in [9.17, 15) is 121 Å². The van der Waals surface area contributed by atoms with E-state index in [4.69, 9.17) is 36.1 Å². The average molecular weight is 1870 g/mol. The van der Waals surface area contributed by atoms with Crippen LogP contribution in [0.15, 0.2) is 12.5 Å². The number of amides is 19. The fraction of sp³-hybridized carbons (Fsp3) is 0.627. The maximum atomic E-state index is 14.7. The minimum atomic E-state index is -1.98. The molecule has 1 aromatic heterocycles. The minimum absolute atomic E-state index is 0.00129. The molecule has 0 unspecified atom stereocenters. The molecule has 25 N–H and O–H groups in total. The predicted molar refractivity (Wildman–Crippen MR) is 464 cm³/mol. The summed E-state index contributed by atoms with van der Waals surface area (Å²) in [4.78, 5) is 298. The smallest absolute Gasteiger partial charge is 0.325 e. The molecule has 728 valence electrons. The van der Waals surface area contributed by atoms with E-state index in [0.29, 0.717) is 18.5 Å². The van der Waals surface area contributed by atoms with Gasteiger partial charge in [-0.1, -0.05) is 13.8 Å². The molecule has 50 heteroatoms. The molecule has 0 radical (unpaired) electrons. The third kappa shape index (κ3) is 31.3. The number of nitrogens with two attached hydrogens (primary N) is 2. The lowest BCUT2D eigenvalue weighted by Crippen LogP contribution is -2.60. The van der Waals surface area contributed by atoms with Gasteiger partial charge in [-0.15, -0.1) is 37.0 Å². The number of likely N-dealkylation sites (tertiary alicyclic amines) is 5. The summed E-state index contributed by atoms with van der Waals surface area (Å²) >= 11 is 0. The maximum Gasteiger partial charge on any atom is 0.325 e. The Hall–Kier alpha value is -14.1. The summed E-state index contributed by atoms with van der Waals surface area (Å²) in [5.74, 6) is -14.5. The average Bonchev–Trinajstić information content (AvgIpc) is 1.67. The first-order chi connectivity index (χ1) is 63.0. The van der Waals surface area contributed by atoms with E-state index in [1.54, 1.807) is 13.8 Å². The summed E-state index contributed by atoms with van der Waals surface area (Å²) in [6.45, 7) is 4.83. The number of carboxylic acid groups (broad SMARTS) is 2. The van der Waals surface area contributed by atoms with Gasteiger partial charge in [0, 0.05) is 71.1 Å². The second kappa shape index (κ2) is 52.1. The van der Waals surface area contributed by atoms with Crippen LogP contribution in [0.25, 0.3) is 0 Å². The quantitative estimate of drug-likeness (QED) is 0.0125. The number of aromatic nitrogens is 2. The number of nitrogens with zero attached hydrogens (tertiary/aromatic N) is 6. The first-order valence-corrected chi connectivity index (χ1v) is 43.5. The molecule has 0 aromatic carbocycles. The van der Waals surface area contributed by atoms with Gasteiger partial charge in [-0.2, -0.15) is 0 Å². The first-order valence-electron chi connectivity index (χ1n) is 43.5. The van der Waals surface area contributed by atoms with Gasteiger partial charge in [0.2, 0.25) is 112 Å². The summed E-state index contributed by atoms with van der Waals surface area (Å²) in [6, 6.07) is -25.6. The van der Waals surface area contributed by atoms with E-state index in [2.05, 4.69) is 107 Å². The van der Waals surface area contributed by atoms with Crippen molar-refractivity contribution in [1.82, 2.24) is 114 Å². The molecule has 5 saturated heterocycles. The number of carboxylic acids is 2. The molecule has 18 atom stereocenters. The van der Waals surface area contributed by atoms with Crippen LogP contribution in [0, 0.1) is 48.4 Å². The molecule has 19 amide bonds. The Labute approximate surface area is 765 Å². The highest BCUT2D eigenvalue weighted by Gasteiger charge is 2.47. The van der Waals surface area contributed by atoms with Crippen molar-refractivity contribution in [1.29, 1.82) is 5.41 Å². The number of imidazole rings is 1. The maximum absolute atomic E-state index is 14.7. The zero-order chi connectivity index (χ0) is 98.8. The van der Waals surface area contributed by atoms with Gasteiger partial charge in [0.25, 0.3) is 0 Å². The van der Waals surface area contributed by atoms with Crippen molar-refractivity contribution < 1.29 is 121 Å². The van der Waals surface area contributed by atoms with Gasteiger partial charge >= 0.3 is 11.9 Å². The SMILES string of the molecule is C#CC[C@H](NC(=O)[C@H](CO)NC(=O)CNC(=O)[C@@H]1CCCN1C(=O)[C@H](C)NC(=O)[C@@H]1CCCN1C(=O)[C@H](CCCNC(=N)N)NC(=O)[C@H](CC#C)NC(=O)[C@H](CC(=O)O)NC(=O)[C@@H]1CCCN1C(=O)[C@H](C)NC(=O)[C@H](CO)NC(=O)[C@H](CC#C)NC(=O)[C@@H](NC(=O)CNC(=O)[C@@H](N)Cc1c[nH]cn1)C(C)C)C(=O)N[C@@H](C)C(=O)N1CCC[C@H]1C(=O)N1CCC[C@H]1C(=O)N[C@@H](C)C(=O)O. The van der Waals surface area contributed by atoms with Crippen LogP contribution in [0.1, 0.15) is 150 Å². The van der Waals surface area contributed by atoms with Crippen molar-refractivity contribution >= 4 is 130 Å². The molecule has 6 rings (SSSR count). The fourth-order valence-electron chi connectivity index (χ4n) is 15.6. The molecule has 0 aliphatic carbocycles. The van der Waals surface area contributed by atoms with Crippen molar-refractivity contribution in [3.05, 3.63) is 18.2 Å². The van der Waals surface area contributed by atoms with Crippen LogP contribution >= 0.6 is 0 Å². The monoisotopic (exact) mass is 1870 g/mol. The summed E-state index contributed by atoms with van der Waals surface area (Å²) in [5.41, 5.74) is 11.9. The van der Waals surface area contributed by atoms with Gasteiger partial charge in [0.1, 0.15) is 103 Å². The number of H-pyrrole nitrogens is 1.